The highest BCUT2D eigenvalue weighted by Gasteiger charge is 2.34. The summed E-state index contributed by atoms with van der Waals surface area (Å²) >= 11 is 4.54. The molecule has 0 bridgehead atoms. The van der Waals surface area contributed by atoms with E-state index in [0.717, 1.165) is 11.1 Å². The van der Waals surface area contributed by atoms with Crippen LogP contribution in [0.3, 0.4) is 0 Å². The minimum absolute atomic E-state index is 0.0351. The minimum Gasteiger partial charge on any atom is -0.263 e. The zero-order valence-electron chi connectivity index (χ0n) is 14.0. The Morgan fingerprint density at radius 2 is 1.83 bits per heavy atom. The second-order valence-electron chi connectivity index (χ2n) is 6.14. The number of benzene rings is 1. The van der Waals surface area contributed by atoms with E-state index in [1.807, 2.05) is 32.9 Å². The van der Waals surface area contributed by atoms with Crippen molar-refractivity contribution in [2.75, 3.05) is 0 Å². The SMILES string of the molecule is CC(C)=C/C=C(\C)c1ccc(S(=O)(=O)O[C@H]2C[C@@H](N=C=S)C2)cc1. The Morgan fingerprint density at radius 3 is 2.38 bits per heavy atom. The Hall–Kier alpha value is -1.59. The van der Waals surface area contributed by atoms with Gasteiger partial charge in [-0.1, -0.05) is 29.9 Å². The molecule has 0 aromatic heterocycles. The van der Waals surface area contributed by atoms with Crippen molar-refractivity contribution in [3.63, 3.8) is 0 Å². The van der Waals surface area contributed by atoms with Crippen LogP contribution in [-0.4, -0.2) is 25.7 Å². The molecule has 0 unspecified atom stereocenters. The first-order valence-electron chi connectivity index (χ1n) is 7.74. The van der Waals surface area contributed by atoms with Gasteiger partial charge in [-0.25, -0.2) is 4.99 Å². The zero-order chi connectivity index (χ0) is 17.7. The van der Waals surface area contributed by atoms with Crippen LogP contribution in [0, 0.1) is 0 Å². The second kappa shape index (κ2) is 7.99. The topological polar surface area (TPSA) is 55.7 Å². The van der Waals surface area contributed by atoms with Crippen molar-refractivity contribution in [1.82, 2.24) is 0 Å². The molecule has 1 fully saturated rings. The molecule has 4 nitrogen and oxygen atoms in total. The van der Waals surface area contributed by atoms with Crippen LogP contribution < -0.4 is 0 Å². The first kappa shape index (κ1) is 18.7. The van der Waals surface area contributed by atoms with Gasteiger partial charge in [-0.2, -0.15) is 8.42 Å². The summed E-state index contributed by atoms with van der Waals surface area (Å²) in [6, 6.07) is 6.78. The second-order valence-corrected chi connectivity index (χ2v) is 7.89. The van der Waals surface area contributed by atoms with Gasteiger partial charge in [-0.3, -0.25) is 4.18 Å². The van der Waals surface area contributed by atoms with Gasteiger partial charge in [0.2, 0.25) is 0 Å². The molecule has 0 radical (unpaired) electrons. The maximum atomic E-state index is 12.3. The number of aliphatic imine (C=N–C) groups is 1. The molecule has 24 heavy (non-hydrogen) atoms. The van der Waals surface area contributed by atoms with Crippen LogP contribution in [-0.2, 0) is 14.3 Å². The van der Waals surface area contributed by atoms with Gasteiger partial charge in [0.15, 0.2) is 0 Å². The van der Waals surface area contributed by atoms with Gasteiger partial charge >= 0.3 is 0 Å². The van der Waals surface area contributed by atoms with E-state index in [1.54, 1.807) is 24.3 Å². The summed E-state index contributed by atoms with van der Waals surface area (Å²) in [6.07, 6.45) is 4.84. The standard InChI is InChI=1S/C18H21NO3S2/c1-13(2)4-5-14(3)15-6-8-18(9-7-15)24(20,21)22-17-10-16(11-17)19-12-23/h4-9,16-17H,10-11H2,1-3H3/b14-5+/t16-,17+. The molecule has 0 heterocycles. The number of allylic oxidation sites excluding steroid dienone is 4. The van der Waals surface area contributed by atoms with E-state index < -0.39 is 10.1 Å². The maximum absolute atomic E-state index is 12.3. The van der Waals surface area contributed by atoms with Crippen LogP contribution in [0.15, 0.2) is 51.9 Å². The Balaban J connectivity index is 2.05. The van der Waals surface area contributed by atoms with Crippen molar-refractivity contribution >= 4 is 33.1 Å². The van der Waals surface area contributed by atoms with E-state index >= 15 is 0 Å². The zero-order valence-corrected chi connectivity index (χ0v) is 15.7. The number of isothiocyanates is 1. The average Bonchev–Trinajstić information content (AvgIpc) is 2.50. The van der Waals surface area contributed by atoms with Crippen LogP contribution >= 0.6 is 12.2 Å². The Labute approximate surface area is 149 Å². The van der Waals surface area contributed by atoms with E-state index in [2.05, 4.69) is 22.4 Å². The van der Waals surface area contributed by atoms with Gasteiger partial charge in [0, 0.05) is 0 Å². The first-order chi connectivity index (χ1) is 11.3. The number of rotatable bonds is 6. The molecule has 0 aliphatic heterocycles. The van der Waals surface area contributed by atoms with Gasteiger partial charge < -0.3 is 0 Å². The molecule has 0 amide bonds. The normalized spacial score (nSPS) is 20.7. The van der Waals surface area contributed by atoms with Gasteiger partial charge in [0.1, 0.15) is 0 Å². The molecule has 1 aliphatic carbocycles. The molecule has 0 spiro atoms. The van der Waals surface area contributed by atoms with Gasteiger partial charge in [0.05, 0.1) is 22.2 Å². The Morgan fingerprint density at radius 1 is 1.21 bits per heavy atom. The molecule has 0 saturated heterocycles. The van der Waals surface area contributed by atoms with Crippen molar-refractivity contribution < 1.29 is 12.6 Å². The van der Waals surface area contributed by atoms with Crippen molar-refractivity contribution in [3.8, 4) is 0 Å². The van der Waals surface area contributed by atoms with Gasteiger partial charge in [-0.05, 0) is 69.1 Å². The average molecular weight is 364 g/mol. The lowest BCUT2D eigenvalue weighted by Crippen LogP contribution is -2.35. The van der Waals surface area contributed by atoms with Crippen LogP contribution in [0.4, 0.5) is 0 Å². The fraction of sp³-hybridized carbons (Fsp3) is 0.389. The fourth-order valence-electron chi connectivity index (χ4n) is 2.30. The lowest BCUT2D eigenvalue weighted by Gasteiger charge is -2.30. The molecule has 0 atom stereocenters. The molecule has 0 N–H and O–H groups in total. The minimum atomic E-state index is -3.75. The number of nitrogens with zero attached hydrogens (tertiary/aromatic N) is 1. The highest BCUT2D eigenvalue weighted by molar-refractivity contribution is 7.86. The van der Waals surface area contributed by atoms with Crippen molar-refractivity contribution in [1.29, 1.82) is 0 Å². The summed E-state index contributed by atoms with van der Waals surface area (Å²) in [5.74, 6) is 0. The van der Waals surface area contributed by atoms with Crippen LogP contribution in [0.5, 0.6) is 0 Å². The van der Waals surface area contributed by atoms with Crippen molar-refractivity contribution in [2.45, 2.75) is 50.7 Å². The molecular weight excluding hydrogens is 342 g/mol. The summed E-state index contributed by atoms with van der Waals surface area (Å²) in [5.41, 5.74) is 3.25. The third-order valence-corrected chi connectivity index (χ3v) is 5.31. The number of thiocarbonyl (C=S) groups is 1. The molecule has 1 aliphatic rings. The summed E-state index contributed by atoms with van der Waals surface area (Å²) < 4.78 is 29.8. The Kier molecular flexibility index (Phi) is 6.24. The first-order valence-corrected chi connectivity index (χ1v) is 9.56. The fourth-order valence-corrected chi connectivity index (χ4v) is 3.55. The van der Waals surface area contributed by atoms with E-state index in [1.165, 1.54) is 5.57 Å². The van der Waals surface area contributed by atoms with E-state index in [0.29, 0.717) is 12.8 Å². The molecule has 1 aromatic carbocycles. The lowest BCUT2D eigenvalue weighted by atomic mass is 9.90. The molecule has 128 valence electrons. The lowest BCUT2D eigenvalue weighted by molar-refractivity contribution is 0.109. The predicted octanol–water partition coefficient (Wildman–Crippen LogP) is 4.40. The highest BCUT2D eigenvalue weighted by Crippen LogP contribution is 2.29. The monoisotopic (exact) mass is 363 g/mol. The predicted molar refractivity (Wildman–Crippen MR) is 99.6 cm³/mol. The molecule has 1 saturated carbocycles. The van der Waals surface area contributed by atoms with E-state index in [-0.39, 0.29) is 17.0 Å². The maximum Gasteiger partial charge on any atom is 0.297 e. The largest absolute Gasteiger partial charge is 0.297 e. The molecule has 6 heteroatoms. The highest BCUT2D eigenvalue weighted by atomic mass is 32.2. The summed E-state index contributed by atoms with van der Waals surface area (Å²) in [5, 5.41) is 2.31. The molecule has 1 aromatic rings. The molecular formula is C18H21NO3S2. The van der Waals surface area contributed by atoms with Gasteiger partial charge in [0.25, 0.3) is 10.1 Å². The smallest absolute Gasteiger partial charge is 0.263 e. The van der Waals surface area contributed by atoms with Crippen LogP contribution in [0.2, 0.25) is 0 Å². The summed E-state index contributed by atoms with van der Waals surface area (Å²) in [4.78, 5) is 4.09. The van der Waals surface area contributed by atoms with E-state index in [9.17, 15) is 8.42 Å². The number of hydrogen-bond donors (Lipinski definition) is 0. The molecule has 2 rings (SSSR count). The van der Waals surface area contributed by atoms with Crippen LogP contribution in [0.25, 0.3) is 5.57 Å². The third-order valence-electron chi connectivity index (χ3n) is 3.83. The quantitative estimate of drug-likeness (QED) is 0.325. The van der Waals surface area contributed by atoms with Crippen molar-refractivity contribution in [2.24, 2.45) is 4.99 Å². The third kappa shape index (κ3) is 4.95. The van der Waals surface area contributed by atoms with Crippen molar-refractivity contribution in [3.05, 3.63) is 47.6 Å². The summed E-state index contributed by atoms with van der Waals surface area (Å²) in [7, 11) is -3.75. The Bertz CT molecular complexity index is 791. The van der Waals surface area contributed by atoms with E-state index in [4.69, 9.17) is 4.18 Å². The van der Waals surface area contributed by atoms with Crippen LogP contribution in [0.1, 0.15) is 39.2 Å². The van der Waals surface area contributed by atoms with Gasteiger partial charge in [-0.15, -0.1) is 0 Å². The summed E-state index contributed by atoms with van der Waals surface area (Å²) in [6.45, 7) is 6.05. The number of hydrogen-bond acceptors (Lipinski definition) is 5.